The number of amides is 1. The topological polar surface area (TPSA) is 73.7 Å². The Hall–Kier alpha value is -3.25. The highest BCUT2D eigenvalue weighted by Crippen LogP contribution is 2.37. The molecule has 0 radical (unpaired) electrons. The van der Waals surface area contributed by atoms with Gasteiger partial charge in [-0.15, -0.1) is 0 Å². The van der Waals surface area contributed by atoms with Gasteiger partial charge in [0.25, 0.3) is 5.91 Å². The van der Waals surface area contributed by atoms with Crippen molar-refractivity contribution < 1.29 is 14.7 Å². The molecule has 0 fully saturated rings. The summed E-state index contributed by atoms with van der Waals surface area (Å²) < 4.78 is 0. The van der Waals surface area contributed by atoms with Gasteiger partial charge in [-0.25, -0.2) is 0 Å². The molecule has 1 aromatic heterocycles. The van der Waals surface area contributed by atoms with Gasteiger partial charge in [0.1, 0.15) is 0 Å². The zero-order valence-corrected chi connectivity index (χ0v) is 18.1. The third-order valence-electron chi connectivity index (χ3n) is 5.56. The zero-order chi connectivity index (χ0) is 22.2. The molecular weight excluding hydrogens is 390 g/mol. The Kier molecular flexibility index (Phi) is 7.73. The summed E-state index contributed by atoms with van der Waals surface area (Å²) in [6.07, 6.45) is 7.14. The molecule has 1 aliphatic rings. The molecule has 3 rings (SSSR count). The lowest BCUT2D eigenvalue weighted by Crippen LogP contribution is -2.34. The van der Waals surface area contributed by atoms with Gasteiger partial charge < -0.3 is 14.9 Å². The molecule has 6 nitrogen and oxygen atoms in total. The van der Waals surface area contributed by atoms with E-state index in [4.69, 9.17) is 0 Å². The quantitative estimate of drug-likeness (QED) is 0.593. The molecule has 1 aliphatic heterocycles. The lowest BCUT2D eigenvalue weighted by molar-refractivity contribution is -0.129. The molecule has 1 atom stereocenters. The monoisotopic (exact) mass is 419 g/mol. The summed E-state index contributed by atoms with van der Waals surface area (Å²) >= 11 is 0. The summed E-state index contributed by atoms with van der Waals surface area (Å²) in [6.45, 7) is 7.37. The molecule has 1 unspecified atom stereocenters. The van der Waals surface area contributed by atoms with Crippen LogP contribution in [-0.4, -0.2) is 57.8 Å². The summed E-state index contributed by atoms with van der Waals surface area (Å²) in [5.41, 5.74) is 1.68. The Morgan fingerprint density at radius 1 is 1.16 bits per heavy atom. The summed E-state index contributed by atoms with van der Waals surface area (Å²) in [7, 11) is 0. The standard InChI is InChI=1S/C25H29N3O3/c1-3-27(4-2)16-9-17-28-23(20-12-8-15-26-18-20)22(24(30)25(28)31)21(29)14-13-19-10-6-5-7-11-19/h5-8,10-15,18,23,30H,3-4,9,16-17H2,1-2H3. The first-order chi connectivity index (χ1) is 15.1. The van der Waals surface area contributed by atoms with Gasteiger partial charge in [0.05, 0.1) is 11.6 Å². The molecule has 1 amide bonds. The number of hydrogen-bond donors (Lipinski definition) is 1. The third kappa shape index (κ3) is 5.27. The van der Waals surface area contributed by atoms with Crippen LogP contribution < -0.4 is 0 Å². The zero-order valence-electron chi connectivity index (χ0n) is 18.1. The van der Waals surface area contributed by atoms with E-state index in [1.54, 1.807) is 29.4 Å². The van der Waals surface area contributed by atoms with E-state index in [1.165, 1.54) is 6.08 Å². The van der Waals surface area contributed by atoms with Crippen molar-refractivity contribution in [2.24, 2.45) is 0 Å². The Labute approximate surface area is 183 Å². The molecule has 6 heteroatoms. The van der Waals surface area contributed by atoms with Crippen LogP contribution in [0.3, 0.4) is 0 Å². The Morgan fingerprint density at radius 3 is 2.55 bits per heavy atom. The van der Waals surface area contributed by atoms with Crippen molar-refractivity contribution in [3.63, 3.8) is 0 Å². The number of hydrogen-bond acceptors (Lipinski definition) is 5. The van der Waals surface area contributed by atoms with Crippen LogP contribution in [-0.2, 0) is 9.59 Å². The van der Waals surface area contributed by atoms with E-state index < -0.39 is 17.7 Å². The van der Waals surface area contributed by atoms with E-state index in [0.29, 0.717) is 12.1 Å². The minimum absolute atomic E-state index is 0.105. The second kappa shape index (κ2) is 10.7. The van der Waals surface area contributed by atoms with Crippen LogP contribution in [0.15, 0.2) is 72.3 Å². The summed E-state index contributed by atoms with van der Waals surface area (Å²) in [5.74, 6) is -1.36. The average molecular weight is 420 g/mol. The third-order valence-corrected chi connectivity index (χ3v) is 5.56. The van der Waals surface area contributed by atoms with E-state index in [0.717, 1.165) is 31.6 Å². The molecule has 1 aromatic carbocycles. The van der Waals surface area contributed by atoms with Gasteiger partial charge in [-0.05, 0) is 49.3 Å². The lowest BCUT2D eigenvalue weighted by Gasteiger charge is -2.27. The van der Waals surface area contributed by atoms with Crippen LogP contribution in [0.4, 0.5) is 0 Å². The van der Waals surface area contributed by atoms with Crippen molar-refractivity contribution in [3.05, 3.63) is 83.4 Å². The van der Waals surface area contributed by atoms with Gasteiger partial charge in [-0.2, -0.15) is 0 Å². The maximum absolute atomic E-state index is 13.1. The molecule has 31 heavy (non-hydrogen) atoms. The molecule has 2 heterocycles. The fraction of sp³-hybridized carbons (Fsp3) is 0.320. The fourth-order valence-corrected chi connectivity index (χ4v) is 3.85. The van der Waals surface area contributed by atoms with Gasteiger partial charge in [0, 0.05) is 18.9 Å². The number of nitrogens with zero attached hydrogens (tertiary/aromatic N) is 3. The number of rotatable bonds is 10. The number of allylic oxidation sites excluding steroid dienone is 1. The van der Waals surface area contributed by atoms with Crippen LogP contribution in [0.5, 0.6) is 0 Å². The van der Waals surface area contributed by atoms with E-state index >= 15 is 0 Å². The largest absolute Gasteiger partial charge is 0.503 e. The number of carbonyl (C=O) groups excluding carboxylic acids is 2. The first-order valence-corrected chi connectivity index (χ1v) is 10.7. The van der Waals surface area contributed by atoms with Crippen LogP contribution in [0, 0.1) is 0 Å². The number of carbonyl (C=O) groups is 2. The smallest absolute Gasteiger partial charge is 0.290 e. The maximum atomic E-state index is 13.1. The molecule has 1 N–H and O–H groups in total. The van der Waals surface area contributed by atoms with Gasteiger partial charge in [0.15, 0.2) is 11.5 Å². The second-order valence-electron chi connectivity index (χ2n) is 7.44. The van der Waals surface area contributed by atoms with Gasteiger partial charge in [-0.3, -0.25) is 14.6 Å². The highest BCUT2D eigenvalue weighted by molar-refractivity contribution is 6.14. The molecule has 0 saturated carbocycles. The molecular formula is C25H29N3O3. The van der Waals surface area contributed by atoms with Crippen molar-refractivity contribution in [1.82, 2.24) is 14.8 Å². The minimum Gasteiger partial charge on any atom is -0.503 e. The van der Waals surface area contributed by atoms with Crippen LogP contribution in [0.2, 0.25) is 0 Å². The number of aliphatic hydroxyl groups is 1. The predicted molar refractivity (Wildman–Crippen MR) is 121 cm³/mol. The second-order valence-corrected chi connectivity index (χ2v) is 7.44. The minimum atomic E-state index is -0.647. The van der Waals surface area contributed by atoms with Crippen molar-refractivity contribution in [1.29, 1.82) is 0 Å². The van der Waals surface area contributed by atoms with Crippen LogP contribution in [0.25, 0.3) is 6.08 Å². The summed E-state index contributed by atoms with van der Waals surface area (Å²) in [4.78, 5) is 34.0. The van der Waals surface area contributed by atoms with E-state index in [2.05, 4.69) is 23.7 Å². The van der Waals surface area contributed by atoms with Crippen molar-refractivity contribution in [3.8, 4) is 0 Å². The highest BCUT2D eigenvalue weighted by atomic mass is 16.3. The first kappa shape index (κ1) is 22.4. The molecule has 0 spiro atoms. The first-order valence-electron chi connectivity index (χ1n) is 10.7. The SMILES string of the molecule is CCN(CC)CCCN1C(=O)C(O)=C(C(=O)C=Cc2ccccc2)C1c1cccnc1. The number of aliphatic hydroxyl groups excluding tert-OH is 1. The molecule has 0 aliphatic carbocycles. The number of pyridine rings is 1. The normalized spacial score (nSPS) is 16.7. The molecule has 162 valence electrons. The number of aromatic nitrogens is 1. The number of ketones is 1. The Balaban J connectivity index is 1.86. The molecule has 0 saturated heterocycles. The van der Waals surface area contributed by atoms with Gasteiger partial charge in [-0.1, -0.05) is 56.3 Å². The summed E-state index contributed by atoms with van der Waals surface area (Å²) in [6, 6.07) is 12.4. The Bertz CT molecular complexity index is 950. The maximum Gasteiger partial charge on any atom is 0.290 e. The molecule has 2 aromatic rings. The fourth-order valence-electron chi connectivity index (χ4n) is 3.85. The Morgan fingerprint density at radius 2 is 1.90 bits per heavy atom. The van der Waals surface area contributed by atoms with Crippen molar-refractivity contribution >= 4 is 17.8 Å². The van der Waals surface area contributed by atoms with E-state index in [9.17, 15) is 14.7 Å². The van der Waals surface area contributed by atoms with Crippen molar-refractivity contribution in [2.75, 3.05) is 26.2 Å². The van der Waals surface area contributed by atoms with E-state index in [1.807, 2.05) is 36.4 Å². The summed E-state index contributed by atoms with van der Waals surface area (Å²) in [5, 5.41) is 10.6. The van der Waals surface area contributed by atoms with Crippen LogP contribution >= 0.6 is 0 Å². The van der Waals surface area contributed by atoms with Gasteiger partial charge >= 0.3 is 0 Å². The highest BCUT2D eigenvalue weighted by Gasteiger charge is 2.42. The van der Waals surface area contributed by atoms with E-state index in [-0.39, 0.29) is 11.4 Å². The van der Waals surface area contributed by atoms with Crippen molar-refractivity contribution in [2.45, 2.75) is 26.3 Å². The predicted octanol–water partition coefficient (Wildman–Crippen LogP) is 3.79. The van der Waals surface area contributed by atoms with Crippen LogP contribution in [0.1, 0.15) is 37.4 Å². The number of benzene rings is 1. The average Bonchev–Trinajstić information content (AvgIpc) is 3.06. The van der Waals surface area contributed by atoms with Gasteiger partial charge in [0.2, 0.25) is 0 Å². The molecule has 0 bridgehead atoms. The lowest BCUT2D eigenvalue weighted by atomic mass is 9.96.